The minimum Gasteiger partial charge on any atom is -0.493 e. The third-order valence-electron chi connectivity index (χ3n) is 3.72. The molecule has 0 bridgehead atoms. The van der Waals surface area contributed by atoms with Gasteiger partial charge >= 0.3 is 6.61 Å². The van der Waals surface area contributed by atoms with Gasteiger partial charge in [-0.15, -0.1) is 0 Å². The maximum absolute atomic E-state index is 12.5. The summed E-state index contributed by atoms with van der Waals surface area (Å²) in [6.45, 7) is 2.94. The molecule has 146 valence electrons. The fourth-order valence-electron chi connectivity index (χ4n) is 2.50. The summed E-state index contributed by atoms with van der Waals surface area (Å²) >= 11 is 0. The lowest BCUT2D eigenvalue weighted by atomic mass is 9.86. The zero-order chi connectivity index (χ0) is 20.0. The highest BCUT2D eigenvalue weighted by Crippen LogP contribution is 2.32. The maximum atomic E-state index is 12.5. The molecule has 0 heterocycles. The van der Waals surface area contributed by atoms with Crippen molar-refractivity contribution in [1.82, 2.24) is 0 Å². The normalized spacial score (nSPS) is 11.2. The van der Waals surface area contributed by atoms with Gasteiger partial charge in [0.1, 0.15) is 5.75 Å². The molecule has 0 unspecified atom stereocenters. The topological polar surface area (TPSA) is 56.8 Å². The molecule has 0 atom stereocenters. The Morgan fingerprint density at radius 2 is 1.78 bits per heavy atom. The van der Waals surface area contributed by atoms with Gasteiger partial charge in [0.15, 0.2) is 18.1 Å². The van der Waals surface area contributed by atoms with Crippen LogP contribution in [0.4, 0.5) is 14.5 Å². The first kappa shape index (κ1) is 20.5. The number of carbonyl (C=O) groups is 1. The summed E-state index contributed by atoms with van der Waals surface area (Å²) in [6.07, 6.45) is 0. The molecular formula is C20H23F2NO4. The van der Waals surface area contributed by atoms with Crippen LogP contribution in [-0.2, 0) is 10.2 Å². The zero-order valence-electron chi connectivity index (χ0n) is 15.7. The first-order valence-electron chi connectivity index (χ1n) is 8.35. The van der Waals surface area contributed by atoms with Crippen LogP contribution in [0, 0.1) is 0 Å². The van der Waals surface area contributed by atoms with Gasteiger partial charge in [0.05, 0.1) is 7.11 Å². The van der Waals surface area contributed by atoms with Crippen molar-refractivity contribution in [2.75, 3.05) is 19.0 Å². The number of para-hydroxylation sites is 1. The van der Waals surface area contributed by atoms with Crippen molar-refractivity contribution in [3.05, 3.63) is 48.0 Å². The van der Waals surface area contributed by atoms with Gasteiger partial charge in [0, 0.05) is 11.8 Å². The molecule has 27 heavy (non-hydrogen) atoms. The number of anilines is 1. The van der Waals surface area contributed by atoms with Crippen LogP contribution in [-0.4, -0.2) is 26.2 Å². The number of benzene rings is 2. The largest absolute Gasteiger partial charge is 0.493 e. The van der Waals surface area contributed by atoms with Crippen molar-refractivity contribution in [3.63, 3.8) is 0 Å². The maximum Gasteiger partial charge on any atom is 0.387 e. The fourth-order valence-corrected chi connectivity index (χ4v) is 2.50. The molecular weight excluding hydrogens is 356 g/mol. The average Bonchev–Trinajstić information content (AvgIpc) is 2.59. The van der Waals surface area contributed by atoms with E-state index in [1.54, 1.807) is 6.07 Å². The molecule has 2 aromatic rings. The van der Waals surface area contributed by atoms with E-state index in [-0.39, 0.29) is 23.5 Å². The Labute approximate surface area is 157 Å². The molecule has 7 heteroatoms. The second kappa shape index (κ2) is 8.70. The van der Waals surface area contributed by atoms with E-state index in [2.05, 4.69) is 30.8 Å². The molecule has 1 amide bonds. The number of alkyl halides is 2. The van der Waals surface area contributed by atoms with E-state index in [1.807, 2.05) is 18.2 Å². The number of halogens is 2. The minimum absolute atomic E-state index is 0.134. The van der Waals surface area contributed by atoms with Crippen molar-refractivity contribution in [3.8, 4) is 17.2 Å². The highest BCUT2D eigenvalue weighted by Gasteiger charge is 2.19. The second-order valence-corrected chi connectivity index (χ2v) is 6.83. The van der Waals surface area contributed by atoms with Crippen LogP contribution in [0.1, 0.15) is 26.3 Å². The Bertz CT molecular complexity index is 788. The molecule has 1 N–H and O–H groups in total. The van der Waals surface area contributed by atoms with Crippen molar-refractivity contribution < 1.29 is 27.8 Å². The summed E-state index contributed by atoms with van der Waals surface area (Å²) < 4.78 is 40.0. The molecule has 0 aromatic heterocycles. The molecule has 5 nitrogen and oxygen atoms in total. The first-order chi connectivity index (χ1) is 12.7. The van der Waals surface area contributed by atoms with E-state index >= 15 is 0 Å². The third kappa shape index (κ3) is 5.84. The number of ether oxygens (including phenoxy) is 3. The van der Waals surface area contributed by atoms with Crippen molar-refractivity contribution in [2.45, 2.75) is 32.8 Å². The van der Waals surface area contributed by atoms with Gasteiger partial charge < -0.3 is 19.5 Å². The van der Waals surface area contributed by atoms with Crippen LogP contribution in [0.5, 0.6) is 17.2 Å². The summed E-state index contributed by atoms with van der Waals surface area (Å²) in [4.78, 5) is 12.2. The van der Waals surface area contributed by atoms with Crippen LogP contribution in [0.2, 0.25) is 0 Å². The monoisotopic (exact) mass is 379 g/mol. The molecule has 0 saturated heterocycles. The lowest BCUT2D eigenvalue weighted by molar-refractivity contribution is -0.118. The Balaban J connectivity index is 2.05. The van der Waals surface area contributed by atoms with Gasteiger partial charge in [0.2, 0.25) is 0 Å². The van der Waals surface area contributed by atoms with Crippen LogP contribution < -0.4 is 19.5 Å². The minimum atomic E-state index is -3.00. The number of amides is 1. The number of carbonyl (C=O) groups excluding carboxylic acids is 1. The Hall–Kier alpha value is -2.83. The Morgan fingerprint density at radius 1 is 1.07 bits per heavy atom. The molecule has 0 aliphatic rings. The summed E-state index contributed by atoms with van der Waals surface area (Å²) in [5.41, 5.74) is 1.14. The van der Waals surface area contributed by atoms with Gasteiger partial charge in [-0.25, -0.2) is 0 Å². The van der Waals surface area contributed by atoms with Gasteiger partial charge in [-0.3, -0.25) is 4.79 Å². The third-order valence-corrected chi connectivity index (χ3v) is 3.72. The summed E-state index contributed by atoms with van der Waals surface area (Å²) in [7, 11) is 1.34. The molecule has 0 fully saturated rings. The van der Waals surface area contributed by atoms with E-state index in [4.69, 9.17) is 9.47 Å². The van der Waals surface area contributed by atoms with Gasteiger partial charge in [-0.2, -0.15) is 8.78 Å². The van der Waals surface area contributed by atoms with Gasteiger partial charge in [0.25, 0.3) is 5.91 Å². The van der Waals surface area contributed by atoms with Crippen LogP contribution in [0.3, 0.4) is 0 Å². The van der Waals surface area contributed by atoms with E-state index in [9.17, 15) is 13.6 Å². The number of nitrogens with one attached hydrogen (secondary N) is 1. The van der Waals surface area contributed by atoms with E-state index in [0.717, 1.165) is 5.56 Å². The lowest BCUT2D eigenvalue weighted by Crippen LogP contribution is -2.22. The van der Waals surface area contributed by atoms with Crippen LogP contribution >= 0.6 is 0 Å². The van der Waals surface area contributed by atoms with Crippen molar-refractivity contribution in [2.24, 2.45) is 0 Å². The number of methoxy groups -OCH3 is 1. The van der Waals surface area contributed by atoms with Gasteiger partial charge in [-0.1, -0.05) is 39.0 Å². The lowest BCUT2D eigenvalue weighted by Gasteiger charge is -2.22. The van der Waals surface area contributed by atoms with E-state index in [1.165, 1.54) is 25.3 Å². The van der Waals surface area contributed by atoms with E-state index in [0.29, 0.717) is 11.4 Å². The standard InChI is InChI=1S/C20H23F2NO4/c1-20(2,3)14-7-5-6-8-15(14)26-12-18(24)23-13-9-10-16(25-4)17(11-13)27-19(21)22/h5-11,19H,12H2,1-4H3,(H,23,24). The van der Waals surface area contributed by atoms with Crippen LogP contribution in [0.25, 0.3) is 0 Å². The summed E-state index contributed by atoms with van der Waals surface area (Å²) in [5, 5.41) is 2.59. The Kier molecular flexibility index (Phi) is 6.60. The molecule has 0 radical (unpaired) electrons. The van der Waals surface area contributed by atoms with Crippen LogP contribution in [0.15, 0.2) is 42.5 Å². The first-order valence-corrected chi connectivity index (χ1v) is 8.35. The predicted molar refractivity (Wildman–Crippen MR) is 98.9 cm³/mol. The second-order valence-electron chi connectivity index (χ2n) is 6.83. The van der Waals surface area contributed by atoms with Gasteiger partial charge in [-0.05, 0) is 29.2 Å². The average molecular weight is 379 g/mol. The molecule has 0 saturated carbocycles. The van der Waals surface area contributed by atoms with Crippen molar-refractivity contribution in [1.29, 1.82) is 0 Å². The smallest absolute Gasteiger partial charge is 0.387 e. The molecule has 0 spiro atoms. The van der Waals surface area contributed by atoms with E-state index < -0.39 is 12.5 Å². The highest BCUT2D eigenvalue weighted by atomic mass is 19.3. The van der Waals surface area contributed by atoms with Crippen molar-refractivity contribution >= 4 is 11.6 Å². The molecule has 2 aromatic carbocycles. The zero-order valence-corrected chi connectivity index (χ0v) is 15.7. The SMILES string of the molecule is COc1ccc(NC(=O)COc2ccccc2C(C)(C)C)cc1OC(F)F. The quantitative estimate of drug-likeness (QED) is 0.763. The number of hydrogen-bond donors (Lipinski definition) is 1. The number of hydrogen-bond acceptors (Lipinski definition) is 4. The summed E-state index contributed by atoms with van der Waals surface area (Å²) in [6, 6.07) is 11.7. The molecule has 2 rings (SSSR count). The molecule has 0 aliphatic carbocycles. The number of rotatable bonds is 7. The Morgan fingerprint density at radius 3 is 2.41 bits per heavy atom. The predicted octanol–water partition coefficient (Wildman–Crippen LogP) is 4.61. The summed E-state index contributed by atoms with van der Waals surface area (Å²) in [5.74, 6) is 0.177. The highest BCUT2D eigenvalue weighted by molar-refractivity contribution is 5.92. The fraction of sp³-hybridized carbons (Fsp3) is 0.350. The molecule has 0 aliphatic heterocycles.